The van der Waals surface area contributed by atoms with Crippen molar-refractivity contribution in [2.45, 2.75) is 39.2 Å². The van der Waals surface area contributed by atoms with Gasteiger partial charge in [0.05, 0.1) is 11.7 Å². The number of aliphatic imine (C=N–C) groups is 1. The summed E-state index contributed by atoms with van der Waals surface area (Å²) in [6.45, 7) is 9.82. The van der Waals surface area contributed by atoms with Crippen LogP contribution in [0.1, 0.15) is 38.7 Å². The van der Waals surface area contributed by atoms with Gasteiger partial charge in [-0.2, -0.15) is 0 Å². The highest BCUT2D eigenvalue weighted by molar-refractivity contribution is 6.03. The first-order chi connectivity index (χ1) is 12.6. The summed E-state index contributed by atoms with van der Waals surface area (Å²) in [7, 11) is 1.78. The monoisotopic (exact) mass is 352 g/mol. The number of rotatable bonds is 4. The van der Waals surface area contributed by atoms with E-state index in [1.165, 1.54) is 5.57 Å². The van der Waals surface area contributed by atoms with Crippen molar-refractivity contribution in [3.05, 3.63) is 47.8 Å². The molecule has 1 aliphatic heterocycles. The Morgan fingerprint density at radius 2 is 2.19 bits per heavy atom. The first-order valence-electron chi connectivity index (χ1n) is 8.99. The molecule has 0 atom stereocenters. The highest BCUT2D eigenvalue weighted by Crippen LogP contribution is 2.19. The largest absolute Gasteiger partial charge is 0.384 e. The van der Waals surface area contributed by atoms with Gasteiger partial charge in [0, 0.05) is 38.2 Å². The highest BCUT2D eigenvalue weighted by Gasteiger charge is 2.23. The summed E-state index contributed by atoms with van der Waals surface area (Å²) < 4.78 is 5.48. The molecule has 1 fully saturated rings. The topological polar surface area (TPSA) is 63.7 Å². The van der Waals surface area contributed by atoms with Gasteiger partial charge in [-0.05, 0) is 38.3 Å². The lowest BCUT2D eigenvalue weighted by Gasteiger charge is -2.33. The Morgan fingerprint density at radius 1 is 1.46 bits per heavy atom. The summed E-state index contributed by atoms with van der Waals surface area (Å²) in [6, 6.07) is 3.64. The van der Waals surface area contributed by atoms with Crippen LogP contribution in [-0.4, -0.2) is 42.0 Å². The fourth-order valence-electron chi connectivity index (χ4n) is 2.84. The zero-order chi connectivity index (χ0) is 18.9. The molecule has 5 heteroatoms. The zero-order valence-corrected chi connectivity index (χ0v) is 16.0. The SMILES string of the molecule is C=CN=C(/C(C#Cc1ccc(N)nc1)=C(\C)CC)N1CCC(OC)CC1. The van der Waals surface area contributed by atoms with Crippen LogP contribution in [0, 0.1) is 11.8 Å². The number of aromatic nitrogens is 1. The number of amidine groups is 1. The molecule has 2 heterocycles. The number of nitrogens with zero attached hydrogens (tertiary/aromatic N) is 3. The lowest BCUT2D eigenvalue weighted by molar-refractivity contribution is 0.0580. The number of nitrogen functional groups attached to an aromatic ring is 1. The van der Waals surface area contributed by atoms with Crippen molar-refractivity contribution in [2.75, 3.05) is 25.9 Å². The second kappa shape index (κ2) is 9.79. The number of hydrogen-bond donors (Lipinski definition) is 1. The molecule has 0 amide bonds. The molecule has 1 aliphatic rings. The second-order valence-electron chi connectivity index (χ2n) is 6.29. The van der Waals surface area contributed by atoms with Crippen molar-refractivity contribution in [2.24, 2.45) is 4.99 Å². The number of pyridine rings is 1. The molecule has 1 aromatic rings. The van der Waals surface area contributed by atoms with Crippen LogP contribution in [0.15, 0.2) is 47.2 Å². The number of methoxy groups -OCH3 is 1. The highest BCUT2D eigenvalue weighted by atomic mass is 16.5. The Labute approximate surface area is 156 Å². The van der Waals surface area contributed by atoms with E-state index in [-0.39, 0.29) is 0 Å². The third kappa shape index (κ3) is 5.21. The molecule has 0 radical (unpaired) electrons. The van der Waals surface area contributed by atoms with Gasteiger partial charge in [0.2, 0.25) is 0 Å². The van der Waals surface area contributed by atoms with Crippen molar-refractivity contribution >= 4 is 11.7 Å². The molecule has 0 spiro atoms. The van der Waals surface area contributed by atoms with E-state index >= 15 is 0 Å². The average Bonchev–Trinajstić information content (AvgIpc) is 2.68. The molecule has 0 bridgehead atoms. The average molecular weight is 352 g/mol. The summed E-state index contributed by atoms with van der Waals surface area (Å²) in [5.41, 5.74) is 8.64. The van der Waals surface area contributed by atoms with E-state index in [2.05, 4.69) is 47.1 Å². The third-order valence-corrected chi connectivity index (χ3v) is 4.59. The van der Waals surface area contributed by atoms with Crippen LogP contribution in [0.4, 0.5) is 5.82 Å². The summed E-state index contributed by atoms with van der Waals surface area (Å²) in [6.07, 6.45) is 6.49. The number of nitrogens with two attached hydrogens (primary N) is 1. The van der Waals surface area contributed by atoms with Crippen molar-refractivity contribution < 1.29 is 4.74 Å². The minimum absolute atomic E-state index is 0.322. The molecular weight excluding hydrogens is 324 g/mol. The molecule has 0 aliphatic carbocycles. The van der Waals surface area contributed by atoms with Crippen LogP contribution in [0.5, 0.6) is 0 Å². The predicted molar refractivity (Wildman–Crippen MR) is 108 cm³/mol. The van der Waals surface area contributed by atoms with E-state index in [1.54, 1.807) is 25.6 Å². The van der Waals surface area contributed by atoms with Crippen LogP contribution >= 0.6 is 0 Å². The fourth-order valence-corrected chi connectivity index (χ4v) is 2.84. The van der Waals surface area contributed by atoms with Crippen LogP contribution in [-0.2, 0) is 4.74 Å². The van der Waals surface area contributed by atoms with Crippen LogP contribution in [0.25, 0.3) is 0 Å². The Balaban J connectivity index is 2.33. The summed E-state index contributed by atoms with van der Waals surface area (Å²) in [4.78, 5) is 10.9. The number of ether oxygens (including phenoxy) is 1. The molecule has 0 saturated carbocycles. The van der Waals surface area contributed by atoms with Gasteiger partial charge >= 0.3 is 0 Å². The van der Waals surface area contributed by atoms with Crippen LogP contribution < -0.4 is 5.73 Å². The van der Waals surface area contributed by atoms with Crippen molar-refractivity contribution in [3.8, 4) is 11.8 Å². The van der Waals surface area contributed by atoms with E-state index in [0.717, 1.165) is 49.3 Å². The number of likely N-dealkylation sites (tertiary alicyclic amines) is 1. The zero-order valence-electron chi connectivity index (χ0n) is 16.0. The fraction of sp³-hybridized carbons (Fsp3) is 0.429. The molecule has 1 saturated heterocycles. The van der Waals surface area contributed by atoms with Gasteiger partial charge in [-0.1, -0.05) is 30.9 Å². The molecule has 5 nitrogen and oxygen atoms in total. The van der Waals surface area contributed by atoms with E-state index < -0.39 is 0 Å². The Kier molecular flexibility index (Phi) is 7.43. The molecule has 26 heavy (non-hydrogen) atoms. The summed E-state index contributed by atoms with van der Waals surface area (Å²) in [5, 5.41) is 0. The maximum absolute atomic E-state index is 5.64. The molecule has 2 rings (SSSR count). The Bertz CT molecular complexity index is 730. The maximum Gasteiger partial charge on any atom is 0.144 e. The molecular formula is C21H28N4O. The van der Waals surface area contributed by atoms with E-state index in [0.29, 0.717) is 11.9 Å². The Morgan fingerprint density at radius 3 is 2.73 bits per heavy atom. The lowest BCUT2D eigenvalue weighted by atomic mass is 10.0. The quantitative estimate of drug-likeness (QED) is 0.512. The summed E-state index contributed by atoms with van der Waals surface area (Å²) in [5.74, 6) is 7.89. The summed E-state index contributed by atoms with van der Waals surface area (Å²) >= 11 is 0. The van der Waals surface area contributed by atoms with Crippen molar-refractivity contribution in [3.63, 3.8) is 0 Å². The number of hydrogen-bond acceptors (Lipinski definition) is 4. The second-order valence-corrected chi connectivity index (χ2v) is 6.29. The maximum atomic E-state index is 5.64. The minimum Gasteiger partial charge on any atom is -0.384 e. The van der Waals surface area contributed by atoms with Crippen molar-refractivity contribution in [1.29, 1.82) is 0 Å². The number of anilines is 1. The van der Waals surface area contributed by atoms with Crippen LogP contribution in [0.2, 0.25) is 0 Å². The third-order valence-electron chi connectivity index (χ3n) is 4.59. The predicted octanol–water partition coefficient (Wildman–Crippen LogP) is 3.39. The smallest absolute Gasteiger partial charge is 0.144 e. The van der Waals surface area contributed by atoms with Gasteiger partial charge in [0.1, 0.15) is 11.7 Å². The molecule has 138 valence electrons. The molecule has 1 aromatic heterocycles. The van der Waals surface area contributed by atoms with Gasteiger partial charge in [0.25, 0.3) is 0 Å². The lowest BCUT2D eigenvalue weighted by Crippen LogP contribution is -2.41. The molecule has 2 N–H and O–H groups in total. The van der Waals surface area contributed by atoms with Gasteiger partial charge in [-0.3, -0.25) is 0 Å². The minimum atomic E-state index is 0.322. The van der Waals surface area contributed by atoms with Gasteiger partial charge < -0.3 is 15.4 Å². The van der Waals surface area contributed by atoms with E-state index in [1.807, 2.05) is 6.07 Å². The van der Waals surface area contributed by atoms with Gasteiger partial charge in [-0.15, -0.1) is 0 Å². The Hall–Kier alpha value is -2.58. The molecule has 0 unspecified atom stereocenters. The van der Waals surface area contributed by atoms with E-state index in [9.17, 15) is 0 Å². The standard InChI is InChI=1S/C21H28N4O/c1-5-16(3)19(9-7-17-8-10-20(22)24-15-17)21(23-6-2)25-13-11-18(26-4)12-14-25/h6,8,10,15,18H,2,5,11-14H2,1,3-4H3,(H2,22,24)/b19-16+,23-21?. The number of piperidine rings is 1. The van der Waals surface area contributed by atoms with Gasteiger partial charge in [-0.25, -0.2) is 9.98 Å². The van der Waals surface area contributed by atoms with Crippen molar-refractivity contribution in [1.82, 2.24) is 9.88 Å². The van der Waals surface area contributed by atoms with E-state index in [4.69, 9.17) is 10.5 Å². The van der Waals surface area contributed by atoms with Gasteiger partial charge in [0.15, 0.2) is 0 Å². The first-order valence-corrected chi connectivity index (χ1v) is 8.99. The first kappa shape index (κ1) is 19.7. The normalized spacial score (nSPS) is 16.6. The van der Waals surface area contributed by atoms with Crippen LogP contribution in [0.3, 0.4) is 0 Å². The number of allylic oxidation sites excluding steroid dienone is 1. The molecule has 0 aromatic carbocycles.